The normalized spacial score (nSPS) is 43.9. The van der Waals surface area contributed by atoms with Gasteiger partial charge >= 0.3 is 0 Å². The number of likely N-dealkylation sites (tertiary alicyclic amines) is 1. The minimum atomic E-state index is -0.643. The van der Waals surface area contributed by atoms with Crippen molar-refractivity contribution in [2.24, 2.45) is 5.92 Å². The zero-order valence-electron chi connectivity index (χ0n) is 13.9. The molecule has 5 rings (SSSR count). The number of rotatable bonds is 2. The molecule has 6 atom stereocenters. The predicted molar refractivity (Wildman–Crippen MR) is 88.8 cm³/mol. The monoisotopic (exact) mass is 325 g/mol. The number of aliphatic hydroxyl groups excluding tert-OH is 1. The Morgan fingerprint density at radius 3 is 3.08 bits per heavy atom. The van der Waals surface area contributed by atoms with Gasteiger partial charge in [0.25, 0.3) is 0 Å². The molecule has 1 spiro atoms. The molecule has 0 saturated carbocycles. The van der Waals surface area contributed by atoms with Gasteiger partial charge in [-0.3, -0.25) is 0 Å². The predicted octanol–water partition coefficient (Wildman–Crippen LogP) is 1.27. The van der Waals surface area contributed by atoms with E-state index >= 15 is 0 Å². The first kappa shape index (κ1) is 14.6. The number of hydrogen-bond donors (Lipinski definition) is 1. The van der Waals surface area contributed by atoms with E-state index in [-0.39, 0.29) is 17.3 Å². The molecule has 1 saturated heterocycles. The SMILES string of the molecule is C=CC[N@@+]1(C)CC[C@]23c4c5ccc([O-])c4OC2[C@H](O)C=C[C@@H]3[C@H]1C5. The molecular formula is C20H23NO3. The maximum atomic E-state index is 12.4. The third-order valence-electron chi connectivity index (χ3n) is 7.07. The molecule has 0 amide bonds. The molecule has 126 valence electrons. The Balaban J connectivity index is 1.78. The van der Waals surface area contributed by atoms with E-state index in [4.69, 9.17) is 4.74 Å². The molecule has 1 unspecified atom stereocenters. The van der Waals surface area contributed by atoms with Crippen LogP contribution in [-0.2, 0) is 11.8 Å². The summed E-state index contributed by atoms with van der Waals surface area (Å²) in [5.74, 6) is 0.763. The lowest BCUT2D eigenvalue weighted by Crippen LogP contribution is -2.71. The number of likely N-dealkylation sites (N-methyl/N-ethyl adjacent to an activating group) is 1. The molecule has 1 fully saturated rings. The number of benzene rings is 1. The Bertz CT molecular complexity index is 772. The summed E-state index contributed by atoms with van der Waals surface area (Å²) in [7, 11) is 2.32. The molecule has 1 aromatic carbocycles. The molecule has 2 aliphatic carbocycles. The number of quaternary nitrogens is 1. The maximum absolute atomic E-state index is 12.4. The zero-order valence-corrected chi connectivity index (χ0v) is 13.9. The van der Waals surface area contributed by atoms with Crippen molar-refractivity contribution in [3.05, 3.63) is 48.1 Å². The Hall–Kier alpha value is -1.78. The smallest absolute Gasteiger partial charge is 0.139 e. The summed E-state index contributed by atoms with van der Waals surface area (Å²) in [6.45, 7) is 5.93. The van der Waals surface area contributed by atoms with E-state index in [0.29, 0.717) is 17.7 Å². The molecule has 1 aromatic rings. The Morgan fingerprint density at radius 2 is 2.29 bits per heavy atom. The van der Waals surface area contributed by atoms with Gasteiger partial charge in [0.15, 0.2) is 0 Å². The van der Waals surface area contributed by atoms with Crippen LogP contribution in [0.15, 0.2) is 36.9 Å². The lowest BCUT2D eigenvalue weighted by atomic mass is 9.52. The Morgan fingerprint density at radius 1 is 1.46 bits per heavy atom. The van der Waals surface area contributed by atoms with E-state index in [0.717, 1.165) is 36.0 Å². The van der Waals surface area contributed by atoms with Crippen molar-refractivity contribution in [3.8, 4) is 11.5 Å². The number of piperidine rings is 1. The van der Waals surface area contributed by atoms with E-state index in [1.54, 1.807) is 6.07 Å². The van der Waals surface area contributed by atoms with Gasteiger partial charge in [-0.2, -0.15) is 0 Å². The fourth-order valence-electron chi connectivity index (χ4n) is 6.01. The van der Waals surface area contributed by atoms with Crippen LogP contribution in [0.5, 0.6) is 11.5 Å². The molecule has 2 aliphatic heterocycles. The number of nitrogens with zero attached hydrogens (tertiary/aromatic N) is 1. The van der Waals surface area contributed by atoms with Gasteiger partial charge in [0.2, 0.25) is 0 Å². The molecule has 4 nitrogen and oxygen atoms in total. The van der Waals surface area contributed by atoms with Gasteiger partial charge in [-0.1, -0.05) is 36.6 Å². The number of ether oxygens (including phenoxy) is 1. The largest absolute Gasteiger partial charge is 0.870 e. The second kappa shape index (κ2) is 4.44. The highest BCUT2D eigenvalue weighted by atomic mass is 16.5. The molecule has 4 heteroatoms. The fraction of sp³-hybridized carbons (Fsp3) is 0.500. The summed E-state index contributed by atoms with van der Waals surface area (Å²) in [4.78, 5) is 0. The summed E-state index contributed by atoms with van der Waals surface area (Å²) in [6, 6.07) is 4.06. The highest BCUT2D eigenvalue weighted by Crippen LogP contribution is 2.62. The van der Waals surface area contributed by atoms with Crippen LogP contribution in [-0.4, -0.2) is 48.0 Å². The van der Waals surface area contributed by atoms with E-state index in [1.165, 1.54) is 5.56 Å². The van der Waals surface area contributed by atoms with Crippen molar-refractivity contribution in [2.75, 3.05) is 20.1 Å². The first-order valence-electron chi connectivity index (χ1n) is 8.83. The second-order valence-electron chi connectivity index (χ2n) is 8.10. The van der Waals surface area contributed by atoms with Crippen LogP contribution in [0.1, 0.15) is 17.5 Å². The van der Waals surface area contributed by atoms with E-state index in [2.05, 4.69) is 19.7 Å². The quantitative estimate of drug-likeness (QED) is 0.658. The Labute approximate surface area is 142 Å². The van der Waals surface area contributed by atoms with Crippen LogP contribution in [0, 0.1) is 5.92 Å². The van der Waals surface area contributed by atoms with Gasteiger partial charge in [0, 0.05) is 24.3 Å². The second-order valence-corrected chi connectivity index (χ2v) is 8.10. The first-order chi connectivity index (χ1) is 11.5. The highest BCUT2D eigenvalue weighted by Gasteiger charge is 2.67. The third-order valence-corrected chi connectivity index (χ3v) is 7.07. The fourth-order valence-corrected chi connectivity index (χ4v) is 6.01. The van der Waals surface area contributed by atoms with E-state index in [9.17, 15) is 10.2 Å². The number of hydrogen-bond acceptors (Lipinski definition) is 3. The highest BCUT2D eigenvalue weighted by molar-refractivity contribution is 5.61. The molecule has 24 heavy (non-hydrogen) atoms. The topological polar surface area (TPSA) is 52.5 Å². The molecule has 2 bridgehead atoms. The number of aliphatic hydroxyl groups is 1. The molecule has 4 aliphatic rings. The maximum Gasteiger partial charge on any atom is 0.139 e. The van der Waals surface area contributed by atoms with Gasteiger partial charge in [-0.25, -0.2) is 0 Å². The Kier molecular flexibility index (Phi) is 2.69. The van der Waals surface area contributed by atoms with Crippen LogP contribution < -0.4 is 9.84 Å². The molecular weight excluding hydrogens is 302 g/mol. The first-order valence-corrected chi connectivity index (χ1v) is 8.83. The van der Waals surface area contributed by atoms with Gasteiger partial charge in [-0.05, 0) is 11.6 Å². The lowest BCUT2D eigenvalue weighted by molar-refractivity contribution is -0.938. The van der Waals surface area contributed by atoms with Gasteiger partial charge in [0.1, 0.15) is 24.0 Å². The van der Waals surface area contributed by atoms with E-state index < -0.39 is 6.10 Å². The minimum Gasteiger partial charge on any atom is -0.870 e. The van der Waals surface area contributed by atoms with Gasteiger partial charge in [0.05, 0.1) is 25.6 Å². The minimum absolute atomic E-state index is 0.0455. The van der Waals surface area contributed by atoms with E-state index in [1.807, 2.05) is 18.2 Å². The van der Waals surface area contributed by atoms with Crippen LogP contribution in [0.4, 0.5) is 0 Å². The van der Waals surface area contributed by atoms with Crippen LogP contribution >= 0.6 is 0 Å². The summed E-state index contributed by atoms with van der Waals surface area (Å²) in [6.07, 6.45) is 7.02. The summed E-state index contributed by atoms with van der Waals surface area (Å²) >= 11 is 0. The molecule has 0 aromatic heterocycles. The zero-order chi connectivity index (χ0) is 16.7. The van der Waals surface area contributed by atoms with Crippen molar-refractivity contribution in [2.45, 2.75) is 36.5 Å². The average molecular weight is 325 g/mol. The lowest BCUT2D eigenvalue weighted by Gasteiger charge is -2.59. The average Bonchev–Trinajstić information content (AvgIpc) is 2.91. The van der Waals surface area contributed by atoms with Crippen LogP contribution in [0.25, 0.3) is 0 Å². The summed E-state index contributed by atoms with van der Waals surface area (Å²) < 4.78 is 7.08. The van der Waals surface area contributed by atoms with Gasteiger partial charge < -0.3 is 19.4 Å². The van der Waals surface area contributed by atoms with Crippen molar-refractivity contribution < 1.29 is 19.4 Å². The van der Waals surface area contributed by atoms with Crippen molar-refractivity contribution in [1.82, 2.24) is 0 Å². The standard InChI is InChI=1S/C20H23NO3/c1-3-9-21(2)10-8-20-13-5-7-16(23)19(20)24-18-15(22)6-4-12(17(18)20)11-14(13)21/h3-7,13-14,16,19,23H,1,8-11H2,2H3/t13-,14-,16-,19?,20+,21+/m1/s1. The summed E-state index contributed by atoms with van der Waals surface area (Å²) in [5, 5.41) is 23.0. The molecule has 2 heterocycles. The van der Waals surface area contributed by atoms with Crippen molar-refractivity contribution in [3.63, 3.8) is 0 Å². The molecule has 1 N–H and O–H groups in total. The third kappa shape index (κ3) is 1.47. The van der Waals surface area contributed by atoms with Crippen LogP contribution in [0.3, 0.4) is 0 Å². The van der Waals surface area contributed by atoms with Crippen LogP contribution in [0.2, 0.25) is 0 Å². The summed E-state index contributed by atoms with van der Waals surface area (Å²) in [5.41, 5.74) is 2.11. The van der Waals surface area contributed by atoms with Crippen molar-refractivity contribution >= 4 is 0 Å². The van der Waals surface area contributed by atoms with Gasteiger partial charge in [-0.15, -0.1) is 0 Å². The van der Waals surface area contributed by atoms with Crippen molar-refractivity contribution in [1.29, 1.82) is 0 Å². The molecule has 0 radical (unpaired) electrons.